The highest BCUT2D eigenvalue weighted by molar-refractivity contribution is 5.97. The van der Waals surface area contributed by atoms with Crippen molar-refractivity contribution in [3.63, 3.8) is 0 Å². The van der Waals surface area contributed by atoms with Crippen molar-refractivity contribution >= 4 is 11.6 Å². The summed E-state index contributed by atoms with van der Waals surface area (Å²) in [5.41, 5.74) is 10.2. The van der Waals surface area contributed by atoms with E-state index in [2.05, 4.69) is 15.3 Å². The number of nitrogens with zero attached hydrogens (tertiary/aromatic N) is 3. The van der Waals surface area contributed by atoms with E-state index in [0.29, 0.717) is 29.4 Å². The second-order valence-electron chi connectivity index (χ2n) is 5.40. The molecular weight excluding hydrogens is 324 g/mol. The van der Waals surface area contributed by atoms with Crippen LogP contribution in [0.15, 0.2) is 47.6 Å². The van der Waals surface area contributed by atoms with E-state index in [1.165, 1.54) is 0 Å². The molecule has 2 aromatic carbocycles. The van der Waals surface area contributed by atoms with Crippen LogP contribution < -0.4 is 14.8 Å². The molecule has 0 radical (unpaired) electrons. The van der Waals surface area contributed by atoms with Gasteiger partial charge in [-0.15, -0.1) is 0 Å². The number of hydrogen-bond acceptors (Lipinski definition) is 5. The molecule has 0 saturated carbocycles. The van der Waals surface area contributed by atoms with Gasteiger partial charge < -0.3 is 19.9 Å². The van der Waals surface area contributed by atoms with Gasteiger partial charge in [0.1, 0.15) is 18.0 Å². The van der Waals surface area contributed by atoms with E-state index >= 15 is 0 Å². The second kappa shape index (κ2) is 7.57. The third kappa shape index (κ3) is 3.82. The van der Waals surface area contributed by atoms with Crippen LogP contribution in [0.2, 0.25) is 0 Å². The molecule has 1 unspecified atom stereocenters. The van der Waals surface area contributed by atoms with Gasteiger partial charge in [0.05, 0.1) is 12.6 Å². The molecular formula is C17H16N4O4. The lowest BCUT2D eigenvalue weighted by atomic mass is 10.1. The Hall–Kier alpha value is -3.22. The summed E-state index contributed by atoms with van der Waals surface area (Å²) in [6.45, 7) is 0.0324. The van der Waals surface area contributed by atoms with Gasteiger partial charge in [0.25, 0.3) is 5.91 Å². The van der Waals surface area contributed by atoms with Gasteiger partial charge in [-0.05, 0) is 23.2 Å². The number of anilines is 1. The first-order valence-electron chi connectivity index (χ1n) is 7.64. The van der Waals surface area contributed by atoms with Crippen molar-refractivity contribution in [3.05, 3.63) is 64.0 Å². The minimum absolute atomic E-state index is 0.134. The van der Waals surface area contributed by atoms with Crippen LogP contribution in [0.4, 0.5) is 5.69 Å². The Balaban J connectivity index is 1.89. The Morgan fingerprint density at radius 3 is 2.88 bits per heavy atom. The molecule has 0 aromatic heterocycles. The number of aliphatic hydroxyl groups is 1. The van der Waals surface area contributed by atoms with Crippen molar-refractivity contribution in [3.8, 4) is 11.5 Å². The summed E-state index contributed by atoms with van der Waals surface area (Å²) in [5, 5.41) is 16.3. The van der Waals surface area contributed by atoms with Crippen LogP contribution in [-0.2, 0) is 11.4 Å². The first-order chi connectivity index (χ1) is 12.2. The average molecular weight is 340 g/mol. The molecule has 25 heavy (non-hydrogen) atoms. The number of azide groups is 1. The molecule has 128 valence electrons. The highest BCUT2D eigenvalue weighted by Crippen LogP contribution is 2.42. The van der Waals surface area contributed by atoms with E-state index in [9.17, 15) is 9.90 Å². The maximum atomic E-state index is 11.7. The number of hydrogen-bond donors (Lipinski definition) is 2. The summed E-state index contributed by atoms with van der Waals surface area (Å²) < 4.78 is 11.3. The first kappa shape index (κ1) is 16.6. The maximum absolute atomic E-state index is 11.7. The second-order valence-corrected chi connectivity index (χ2v) is 5.40. The normalized spacial score (nSPS) is 13.7. The monoisotopic (exact) mass is 340 g/mol. The third-order valence-electron chi connectivity index (χ3n) is 3.68. The number of nitrogens with one attached hydrogen (secondary N) is 1. The van der Waals surface area contributed by atoms with Gasteiger partial charge in [-0.25, -0.2) is 0 Å². The largest absolute Gasteiger partial charge is 0.487 e. The molecule has 0 aliphatic carbocycles. The van der Waals surface area contributed by atoms with Gasteiger partial charge in [-0.3, -0.25) is 4.79 Å². The molecule has 1 amide bonds. The molecule has 0 saturated heterocycles. The van der Waals surface area contributed by atoms with Crippen molar-refractivity contribution in [1.82, 2.24) is 0 Å². The smallest absolute Gasteiger partial charge is 0.262 e. The van der Waals surface area contributed by atoms with E-state index in [0.717, 1.165) is 5.56 Å². The number of amides is 1. The lowest BCUT2D eigenvalue weighted by Gasteiger charge is -2.24. The standard InChI is InChI=1S/C17H16N4O4/c18-21-19-8-13(22)12-6-7-14(16-17(12)25-10-15(23)20-16)24-9-11-4-2-1-3-5-11/h1-7,13,22H,8-10H2,(H,20,23). The Labute approximate surface area is 143 Å². The lowest BCUT2D eigenvalue weighted by molar-refractivity contribution is -0.118. The van der Waals surface area contributed by atoms with Crippen LogP contribution in [0, 0.1) is 0 Å². The van der Waals surface area contributed by atoms with Crippen LogP contribution >= 0.6 is 0 Å². The van der Waals surface area contributed by atoms with E-state index in [1.807, 2.05) is 30.3 Å². The fraction of sp³-hybridized carbons (Fsp3) is 0.235. The van der Waals surface area contributed by atoms with Gasteiger partial charge in [-0.1, -0.05) is 35.4 Å². The van der Waals surface area contributed by atoms with Gasteiger partial charge in [0.2, 0.25) is 0 Å². The molecule has 2 N–H and O–H groups in total. The zero-order chi connectivity index (χ0) is 17.6. The number of carbonyl (C=O) groups is 1. The Morgan fingerprint density at radius 2 is 2.12 bits per heavy atom. The zero-order valence-corrected chi connectivity index (χ0v) is 13.3. The number of rotatable bonds is 6. The molecule has 8 heteroatoms. The first-order valence-corrected chi connectivity index (χ1v) is 7.64. The molecule has 2 aromatic rings. The molecule has 1 atom stereocenters. The van der Waals surface area contributed by atoms with Crippen molar-refractivity contribution in [1.29, 1.82) is 0 Å². The highest BCUT2D eigenvalue weighted by Gasteiger charge is 2.26. The molecule has 1 heterocycles. The topological polar surface area (TPSA) is 117 Å². The van der Waals surface area contributed by atoms with Crippen molar-refractivity contribution in [2.75, 3.05) is 18.5 Å². The van der Waals surface area contributed by atoms with E-state index in [1.54, 1.807) is 12.1 Å². The van der Waals surface area contributed by atoms with Crippen LogP contribution in [0.1, 0.15) is 17.2 Å². The summed E-state index contributed by atoms with van der Waals surface area (Å²) in [6.07, 6.45) is -1.04. The fourth-order valence-electron chi connectivity index (χ4n) is 2.50. The molecule has 1 aliphatic rings. The van der Waals surface area contributed by atoms with Crippen molar-refractivity contribution in [2.45, 2.75) is 12.7 Å². The predicted molar refractivity (Wildman–Crippen MR) is 90.3 cm³/mol. The van der Waals surface area contributed by atoms with Gasteiger partial charge in [0, 0.05) is 10.5 Å². The summed E-state index contributed by atoms with van der Waals surface area (Å²) in [7, 11) is 0. The molecule has 3 rings (SSSR count). The molecule has 0 fully saturated rings. The van der Waals surface area contributed by atoms with Crippen molar-refractivity contribution < 1.29 is 19.4 Å². The number of benzene rings is 2. The van der Waals surface area contributed by atoms with Crippen molar-refractivity contribution in [2.24, 2.45) is 5.11 Å². The summed E-state index contributed by atoms with van der Waals surface area (Å²) >= 11 is 0. The number of fused-ring (bicyclic) bond motifs is 1. The predicted octanol–water partition coefficient (Wildman–Crippen LogP) is 2.94. The Bertz CT molecular complexity index is 819. The van der Waals surface area contributed by atoms with Gasteiger partial charge >= 0.3 is 0 Å². The number of ether oxygens (including phenoxy) is 2. The van der Waals surface area contributed by atoms with Gasteiger partial charge in [-0.2, -0.15) is 0 Å². The molecule has 1 aliphatic heterocycles. The Kier molecular flexibility index (Phi) is 5.03. The van der Waals surface area contributed by atoms with E-state index in [-0.39, 0.29) is 19.1 Å². The Morgan fingerprint density at radius 1 is 1.32 bits per heavy atom. The third-order valence-corrected chi connectivity index (χ3v) is 3.68. The van der Waals surface area contributed by atoms with Gasteiger partial charge in [0.15, 0.2) is 12.4 Å². The van der Waals surface area contributed by atoms with E-state index < -0.39 is 6.10 Å². The summed E-state index contributed by atoms with van der Waals surface area (Å²) in [6, 6.07) is 12.9. The number of carbonyl (C=O) groups excluding carboxylic acids is 1. The van der Waals surface area contributed by atoms with Crippen LogP contribution in [0.25, 0.3) is 10.4 Å². The average Bonchev–Trinajstić information content (AvgIpc) is 2.64. The quantitative estimate of drug-likeness (QED) is 0.477. The molecule has 8 nitrogen and oxygen atoms in total. The number of aliphatic hydroxyl groups excluding tert-OH is 1. The zero-order valence-electron chi connectivity index (χ0n) is 13.3. The highest BCUT2D eigenvalue weighted by atomic mass is 16.5. The SMILES string of the molecule is [N-]=[N+]=NCC(O)c1ccc(OCc2ccccc2)c2c1OCC(=O)N2. The maximum Gasteiger partial charge on any atom is 0.262 e. The summed E-state index contributed by atoms with van der Waals surface area (Å²) in [5.74, 6) is 0.455. The van der Waals surface area contributed by atoms with E-state index in [4.69, 9.17) is 15.0 Å². The fourth-order valence-corrected chi connectivity index (χ4v) is 2.50. The minimum atomic E-state index is -1.04. The molecule has 0 spiro atoms. The van der Waals surface area contributed by atoms with Crippen LogP contribution in [-0.4, -0.2) is 24.2 Å². The minimum Gasteiger partial charge on any atom is -0.487 e. The molecule has 0 bridgehead atoms. The summed E-state index contributed by atoms with van der Waals surface area (Å²) in [4.78, 5) is 14.3. The van der Waals surface area contributed by atoms with Crippen LogP contribution in [0.5, 0.6) is 11.5 Å². The van der Waals surface area contributed by atoms with Crippen LogP contribution in [0.3, 0.4) is 0 Å². The lowest BCUT2D eigenvalue weighted by Crippen LogP contribution is -2.27.